The molecule has 0 spiro atoms. The highest BCUT2D eigenvalue weighted by atomic mass is 16.6. The second kappa shape index (κ2) is 12.9. The van der Waals surface area contributed by atoms with Gasteiger partial charge in [-0.15, -0.1) is 0 Å². The molecular formula is C14H20N2O7. The predicted octanol–water partition coefficient (Wildman–Crippen LogP) is 0.661. The van der Waals surface area contributed by atoms with Gasteiger partial charge in [0.1, 0.15) is 13.2 Å². The third-order valence-corrected chi connectivity index (χ3v) is 2.22. The first-order chi connectivity index (χ1) is 11.0. The Hall–Kier alpha value is -2.84. The Labute approximate surface area is 133 Å². The summed E-state index contributed by atoms with van der Waals surface area (Å²) in [5, 5.41) is 4.49. The summed E-state index contributed by atoms with van der Waals surface area (Å²) in [6.07, 6.45) is 1.29. The number of carbonyl (C=O) groups is 4. The fourth-order valence-corrected chi connectivity index (χ4v) is 1.14. The monoisotopic (exact) mass is 328 g/mol. The summed E-state index contributed by atoms with van der Waals surface area (Å²) in [5.74, 6) is -0.745. The summed E-state index contributed by atoms with van der Waals surface area (Å²) in [5.41, 5.74) is 0. The van der Waals surface area contributed by atoms with Gasteiger partial charge < -0.3 is 24.8 Å². The van der Waals surface area contributed by atoms with E-state index in [1.807, 2.05) is 0 Å². The van der Waals surface area contributed by atoms with Gasteiger partial charge in [-0.1, -0.05) is 13.2 Å². The molecule has 9 heteroatoms. The summed E-state index contributed by atoms with van der Waals surface area (Å²) in [6.45, 7) is 6.17. The van der Waals surface area contributed by atoms with Gasteiger partial charge in [-0.3, -0.25) is 4.79 Å². The number of hydrogen-bond acceptors (Lipinski definition) is 7. The Bertz CT molecular complexity index is 408. The molecule has 0 aliphatic rings. The minimum Gasteiger partial charge on any atom is -0.459 e. The van der Waals surface area contributed by atoms with Crippen LogP contribution in [0, 0.1) is 0 Å². The Morgan fingerprint density at radius 3 is 1.96 bits per heavy atom. The van der Waals surface area contributed by atoms with Crippen molar-refractivity contribution in [2.75, 3.05) is 26.5 Å². The number of amides is 2. The van der Waals surface area contributed by atoms with Gasteiger partial charge in [-0.05, 0) is 12.5 Å². The zero-order valence-corrected chi connectivity index (χ0v) is 12.7. The Balaban J connectivity index is 3.53. The number of rotatable bonds is 11. The Morgan fingerprint density at radius 1 is 0.826 bits per heavy atom. The van der Waals surface area contributed by atoms with Crippen LogP contribution < -0.4 is 10.6 Å². The molecule has 23 heavy (non-hydrogen) atoms. The standard InChI is InChI=1S/C14H20N2O7/c1-3-11(17)6-5-7-22-13(19)15-10-16-14(20)23-9-8-21-12(18)4-2/h3-4H,1-2,5-10H2,(H,15,19)(H,16,20). The van der Waals surface area contributed by atoms with Crippen molar-refractivity contribution in [2.24, 2.45) is 0 Å². The first-order valence-electron chi connectivity index (χ1n) is 6.75. The maximum Gasteiger partial charge on any atom is 0.408 e. The number of allylic oxidation sites excluding steroid dienone is 1. The van der Waals surface area contributed by atoms with E-state index in [0.717, 1.165) is 6.08 Å². The summed E-state index contributed by atoms with van der Waals surface area (Å²) in [6, 6.07) is 0. The van der Waals surface area contributed by atoms with Crippen molar-refractivity contribution < 1.29 is 33.4 Å². The molecule has 0 saturated carbocycles. The van der Waals surface area contributed by atoms with Crippen LogP contribution in [0.3, 0.4) is 0 Å². The number of ketones is 1. The fourth-order valence-electron chi connectivity index (χ4n) is 1.14. The molecule has 2 N–H and O–H groups in total. The maximum absolute atomic E-state index is 11.2. The normalized spacial score (nSPS) is 9.22. The van der Waals surface area contributed by atoms with Crippen LogP contribution in [0.25, 0.3) is 0 Å². The van der Waals surface area contributed by atoms with Gasteiger partial charge in [0.05, 0.1) is 13.3 Å². The van der Waals surface area contributed by atoms with Gasteiger partial charge in [-0.25, -0.2) is 14.4 Å². The molecule has 128 valence electrons. The molecule has 0 aliphatic heterocycles. The molecule has 0 unspecified atom stereocenters. The van der Waals surface area contributed by atoms with Gasteiger partial charge in [0.25, 0.3) is 0 Å². The molecule has 0 aliphatic carbocycles. The highest BCUT2D eigenvalue weighted by Gasteiger charge is 2.05. The van der Waals surface area contributed by atoms with Crippen molar-refractivity contribution in [1.29, 1.82) is 0 Å². The molecule has 0 aromatic carbocycles. The molecule has 0 atom stereocenters. The average Bonchev–Trinajstić information content (AvgIpc) is 2.54. The van der Waals surface area contributed by atoms with E-state index in [4.69, 9.17) is 4.74 Å². The van der Waals surface area contributed by atoms with E-state index in [0.29, 0.717) is 6.42 Å². The lowest BCUT2D eigenvalue weighted by Gasteiger charge is -2.09. The molecule has 0 rings (SSSR count). The van der Waals surface area contributed by atoms with Crippen molar-refractivity contribution in [3.63, 3.8) is 0 Å². The van der Waals surface area contributed by atoms with Crippen molar-refractivity contribution >= 4 is 23.9 Å². The van der Waals surface area contributed by atoms with Crippen LogP contribution in [0.4, 0.5) is 9.59 Å². The van der Waals surface area contributed by atoms with Gasteiger partial charge in [0.15, 0.2) is 5.78 Å². The molecule has 0 aromatic rings. The van der Waals surface area contributed by atoms with E-state index in [1.165, 1.54) is 6.08 Å². The first kappa shape index (κ1) is 20.2. The quantitative estimate of drug-likeness (QED) is 0.188. The van der Waals surface area contributed by atoms with Crippen LogP contribution in [-0.4, -0.2) is 50.4 Å². The van der Waals surface area contributed by atoms with E-state index in [2.05, 4.69) is 33.3 Å². The maximum atomic E-state index is 11.2. The summed E-state index contributed by atoms with van der Waals surface area (Å²) >= 11 is 0. The highest BCUT2D eigenvalue weighted by molar-refractivity contribution is 5.88. The molecule has 2 amide bonds. The summed E-state index contributed by atoms with van der Waals surface area (Å²) < 4.78 is 14.0. The first-order valence-corrected chi connectivity index (χ1v) is 6.75. The molecule has 0 radical (unpaired) electrons. The van der Waals surface area contributed by atoms with E-state index in [-0.39, 0.29) is 38.7 Å². The van der Waals surface area contributed by atoms with Gasteiger partial charge in [0.2, 0.25) is 0 Å². The van der Waals surface area contributed by atoms with Crippen LogP contribution in [0.1, 0.15) is 12.8 Å². The van der Waals surface area contributed by atoms with Gasteiger partial charge in [-0.2, -0.15) is 0 Å². The third-order valence-electron chi connectivity index (χ3n) is 2.22. The van der Waals surface area contributed by atoms with Crippen LogP contribution in [-0.2, 0) is 23.8 Å². The van der Waals surface area contributed by atoms with E-state index < -0.39 is 18.2 Å². The minimum atomic E-state index is -0.795. The Kier molecular flexibility index (Phi) is 11.3. The molecule has 0 saturated heterocycles. The minimum absolute atomic E-state index is 0.0739. The molecule has 0 heterocycles. The average molecular weight is 328 g/mol. The van der Waals surface area contributed by atoms with E-state index >= 15 is 0 Å². The molecule has 0 fully saturated rings. The SMILES string of the molecule is C=CC(=O)CCCOC(=O)NCNC(=O)OCCOC(=O)C=C. The summed E-state index contributed by atoms with van der Waals surface area (Å²) in [7, 11) is 0. The van der Waals surface area contributed by atoms with Crippen LogP contribution in [0.5, 0.6) is 0 Å². The van der Waals surface area contributed by atoms with Crippen molar-refractivity contribution in [1.82, 2.24) is 10.6 Å². The second-order valence-electron chi connectivity index (χ2n) is 3.95. The smallest absolute Gasteiger partial charge is 0.408 e. The third kappa shape index (κ3) is 12.6. The molecular weight excluding hydrogens is 308 g/mol. The zero-order valence-electron chi connectivity index (χ0n) is 12.7. The Morgan fingerprint density at radius 2 is 1.39 bits per heavy atom. The molecule has 0 aromatic heterocycles. The number of ether oxygens (including phenoxy) is 3. The number of nitrogens with one attached hydrogen (secondary N) is 2. The topological polar surface area (TPSA) is 120 Å². The van der Waals surface area contributed by atoms with Gasteiger partial charge in [0, 0.05) is 12.5 Å². The van der Waals surface area contributed by atoms with Crippen LogP contribution in [0.15, 0.2) is 25.3 Å². The lowest BCUT2D eigenvalue weighted by Crippen LogP contribution is -2.38. The van der Waals surface area contributed by atoms with Gasteiger partial charge >= 0.3 is 18.2 Å². The molecule has 0 bridgehead atoms. The summed E-state index contributed by atoms with van der Waals surface area (Å²) in [4.78, 5) is 44.0. The van der Waals surface area contributed by atoms with Crippen LogP contribution in [0.2, 0.25) is 0 Å². The fraction of sp³-hybridized carbons (Fsp3) is 0.429. The number of esters is 1. The van der Waals surface area contributed by atoms with E-state index in [1.54, 1.807) is 0 Å². The predicted molar refractivity (Wildman–Crippen MR) is 79.4 cm³/mol. The largest absolute Gasteiger partial charge is 0.459 e. The number of alkyl carbamates (subject to hydrolysis) is 2. The number of carbonyl (C=O) groups excluding carboxylic acids is 4. The number of hydrogen-bond donors (Lipinski definition) is 2. The lowest BCUT2D eigenvalue weighted by atomic mass is 10.2. The second-order valence-corrected chi connectivity index (χ2v) is 3.95. The van der Waals surface area contributed by atoms with E-state index in [9.17, 15) is 19.2 Å². The van der Waals surface area contributed by atoms with Crippen molar-refractivity contribution in [2.45, 2.75) is 12.8 Å². The van der Waals surface area contributed by atoms with Crippen molar-refractivity contribution in [3.8, 4) is 0 Å². The lowest BCUT2D eigenvalue weighted by molar-refractivity contribution is -0.138. The molecule has 9 nitrogen and oxygen atoms in total. The van der Waals surface area contributed by atoms with Crippen LogP contribution >= 0.6 is 0 Å². The zero-order chi connectivity index (χ0) is 17.5. The van der Waals surface area contributed by atoms with Crippen molar-refractivity contribution in [3.05, 3.63) is 25.3 Å². The highest BCUT2D eigenvalue weighted by Crippen LogP contribution is 1.93.